The Morgan fingerprint density at radius 3 is 2.52 bits per heavy atom. The van der Waals surface area contributed by atoms with Gasteiger partial charge in [0.05, 0.1) is 6.61 Å². The van der Waals surface area contributed by atoms with Gasteiger partial charge in [-0.1, -0.05) is 20.4 Å². The van der Waals surface area contributed by atoms with Gasteiger partial charge >= 0.3 is 5.97 Å². The second-order valence-corrected chi connectivity index (χ2v) is 8.33. The van der Waals surface area contributed by atoms with Crippen molar-refractivity contribution >= 4 is 5.97 Å². The molecule has 4 unspecified atom stereocenters. The second kappa shape index (κ2) is 5.78. The molecule has 0 N–H and O–H groups in total. The van der Waals surface area contributed by atoms with Crippen LogP contribution < -0.4 is 0 Å². The predicted octanol–water partition coefficient (Wildman–Crippen LogP) is 4.45. The number of rotatable bonds is 5. The molecule has 0 saturated heterocycles. The third-order valence-corrected chi connectivity index (χ3v) is 6.28. The molecule has 3 aliphatic rings. The number of carbonyl (C=O) groups is 1. The van der Waals surface area contributed by atoms with Crippen LogP contribution in [0.3, 0.4) is 0 Å². The first-order valence-corrected chi connectivity index (χ1v) is 8.78. The average Bonchev–Trinajstić information content (AvgIpc) is 3.04. The summed E-state index contributed by atoms with van der Waals surface area (Å²) in [6.07, 6.45) is 6.97. The van der Waals surface area contributed by atoms with Crippen LogP contribution in [-0.4, -0.2) is 12.6 Å². The smallest absolute Gasteiger partial charge is 0.333 e. The van der Waals surface area contributed by atoms with E-state index in [0.717, 1.165) is 35.5 Å². The summed E-state index contributed by atoms with van der Waals surface area (Å²) in [6.45, 7) is 10.7. The van der Waals surface area contributed by atoms with Crippen LogP contribution in [0, 0.1) is 41.4 Å². The molecule has 0 amide bonds. The Hall–Kier alpha value is -0.790. The summed E-state index contributed by atoms with van der Waals surface area (Å²) in [6, 6.07) is 0. The maximum atomic E-state index is 11.5. The van der Waals surface area contributed by atoms with Crippen molar-refractivity contribution in [3.63, 3.8) is 0 Å². The van der Waals surface area contributed by atoms with E-state index in [1.54, 1.807) is 6.92 Å². The molecule has 0 aromatic heterocycles. The number of ether oxygens (including phenoxy) is 1. The average molecular weight is 290 g/mol. The highest BCUT2D eigenvalue weighted by atomic mass is 16.5. The summed E-state index contributed by atoms with van der Waals surface area (Å²) < 4.78 is 5.40. The predicted molar refractivity (Wildman–Crippen MR) is 84.6 cm³/mol. The molecule has 3 fully saturated rings. The minimum Gasteiger partial charge on any atom is -0.462 e. The number of fused-ring (bicyclic) bond motifs is 5. The van der Waals surface area contributed by atoms with E-state index in [2.05, 4.69) is 20.4 Å². The van der Waals surface area contributed by atoms with Gasteiger partial charge in [-0.3, -0.25) is 0 Å². The minimum atomic E-state index is -0.215. The van der Waals surface area contributed by atoms with Crippen molar-refractivity contribution in [2.24, 2.45) is 41.4 Å². The first-order chi connectivity index (χ1) is 9.95. The highest BCUT2D eigenvalue weighted by Crippen LogP contribution is 2.63. The Bertz CT molecular complexity index is 425. The normalized spacial score (nSPS) is 40.6. The molecule has 3 aliphatic carbocycles. The lowest BCUT2D eigenvalue weighted by Crippen LogP contribution is -2.25. The van der Waals surface area contributed by atoms with E-state index in [4.69, 9.17) is 4.74 Å². The molecule has 0 aliphatic heterocycles. The van der Waals surface area contributed by atoms with Gasteiger partial charge in [0.15, 0.2) is 0 Å². The topological polar surface area (TPSA) is 26.3 Å². The summed E-state index contributed by atoms with van der Waals surface area (Å²) in [7, 11) is 0. The van der Waals surface area contributed by atoms with E-state index in [0.29, 0.717) is 18.1 Å². The van der Waals surface area contributed by atoms with E-state index in [-0.39, 0.29) is 5.97 Å². The molecule has 0 radical (unpaired) electrons. The fourth-order valence-corrected chi connectivity index (χ4v) is 5.66. The molecule has 2 heteroatoms. The first kappa shape index (κ1) is 15.1. The lowest BCUT2D eigenvalue weighted by Gasteiger charge is -2.32. The zero-order valence-electron chi connectivity index (χ0n) is 13.8. The van der Waals surface area contributed by atoms with Gasteiger partial charge in [-0.05, 0) is 80.5 Å². The molecular formula is C19H30O2. The van der Waals surface area contributed by atoms with Crippen molar-refractivity contribution in [1.29, 1.82) is 0 Å². The summed E-state index contributed by atoms with van der Waals surface area (Å²) >= 11 is 0. The van der Waals surface area contributed by atoms with E-state index in [1.807, 2.05) is 0 Å². The van der Waals surface area contributed by atoms with E-state index in [1.165, 1.54) is 32.1 Å². The molecule has 0 heterocycles. The summed E-state index contributed by atoms with van der Waals surface area (Å²) in [5.74, 6) is 6.02. The lowest BCUT2D eigenvalue weighted by molar-refractivity contribution is -0.140. The molecule has 0 aromatic rings. The Labute approximate surface area is 129 Å². The van der Waals surface area contributed by atoms with Crippen LogP contribution in [0.25, 0.3) is 0 Å². The Morgan fingerprint density at radius 2 is 1.86 bits per heavy atom. The molecule has 21 heavy (non-hydrogen) atoms. The zero-order valence-corrected chi connectivity index (χ0v) is 13.8. The standard InChI is InChI=1S/C19H30O2/c1-11(2)5-14-8-15-9-17(14)18-7-13(6-16(15)18)10-21-19(20)12(3)4/h11,13-18H,3,5-10H2,1-2,4H3/t13?,14?,15-,16-,17?,18?/m1/s1. The molecule has 3 saturated carbocycles. The summed E-state index contributed by atoms with van der Waals surface area (Å²) in [4.78, 5) is 11.5. The molecule has 2 nitrogen and oxygen atoms in total. The van der Waals surface area contributed by atoms with Crippen LogP contribution in [-0.2, 0) is 9.53 Å². The number of carbonyl (C=O) groups excluding carboxylic acids is 1. The molecule has 3 rings (SSSR count). The van der Waals surface area contributed by atoms with E-state index >= 15 is 0 Å². The van der Waals surface area contributed by atoms with Gasteiger partial charge in [-0.25, -0.2) is 4.79 Å². The van der Waals surface area contributed by atoms with Crippen molar-refractivity contribution in [1.82, 2.24) is 0 Å². The third kappa shape index (κ3) is 2.91. The van der Waals surface area contributed by atoms with Crippen LogP contribution >= 0.6 is 0 Å². The molecular weight excluding hydrogens is 260 g/mol. The van der Waals surface area contributed by atoms with Crippen LogP contribution in [0.2, 0.25) is 0 Å². The van der Waals surface area contributed by atoms with Crippen LogP contribution in [0.1, 0.15) is 52.9 Å². The zero-order chi connectivity index (χ0) is 15.1. The summed E-state index contributed by atoms with van der Waals surface area (Å²) in [5, 5.41) is 0. The minimum absolute atomic E-state index is 0.215. The van der Waals surface area contributed by atoms with Gasteiger partial charge in [0.2, 0.25) is 0 Å². The number of hydrogen-bond acceptors (Lipinski definition) is 2. The maximum absolute atomic E-state index is 11.5. The van der Waals surface area contributed by atoms with Gasteiger partial charge in [0.1, 0.15) is 0 Å². The molecule has 6 atom stereocenters. The second-order valence-electron chi connectivity index (χ2n) is 8.33. The Morgan fingerprint density at radius 1 is 1.14 bits per heavy atom. The van der Waals surface area contributed by atoms with Gasteiger partial charge in [0.25, 0.3) is 0 Å². The van der Waals surface area contributed by atoms with Crippen LogP contribution in [0.15, 0.2) is 12.2 Å². The van der Waals surface area contributed by atoms with Crippen molar-refractivity contribution in [2.45, 2.75) is 52.9 Å². The monoisotopic (exact) mass is 290 g/mol. The molecule has 0 spiro atoms. The Balaban J connectivity index is 1.53. The van der Waals surface area contributed by atoms with Gasteiger partial charge in [-0.2, -0.15) is 0 Å². The number of esters is 1. The van der Waals surface area contributed by atoms with Gasteiger partial charge < -0.3 is 4.74 Å². The lowest BCUT2D eigenvalue weighted by atomic mass is 9.73. The SMILES string of the molecule is C=C(C)C(=O)OCC1CC2C3C[C@@H](CC3CC(C)C)[C@H]2C1. The third-order valence-electron chi connectivity index (χ3n) is 6.28. The van der Waals surface area contributed by atoms with Gasteiger partial charge in [0, 0.05) is 5.57 Å². The van der Waals surface area contributed by atoms with Crippen LogP contribution in [0.4, 0.5) is 0 Å². The summed E-state index contributed by atoms with van der Waals surface area (Å²) in [5.41, 5.74) is 0.519. The quantitative estimate of drug-likeness (QED) is 0.552. The van der Waals surface area contributed by atoms with Crippen molar-refractivity contribution in [3.8, 4) is 0 Å². The highest BCUT2D eigenvalue weighted by molar-refractivity contribution is 5.86. The fraction of sp³-hybridized carbons (Fsp3) is 0.842. The highest BCUT2D eigenvalue weighted by Gasteiger charge is 2.55. The van der Waals surface area contributed by atoms with E-state index in [9.17, 15) is 4.79 Å². The largest absolute Gasteiger partial charge is 0.462 e. The first-order valence-electron chi connectivity index (χ1n) is 8.78. The van der Waals surface area contributed by atoms with E-state index < -0.39 is 0 Å². The molecule has 2 bridgehead atoms. The number of hydrogen-bond donors (Lipinski definition) is 0. The van der Waals surface area contributed by atoms with Crippen molar-refractivity contribution < 1.29 is 9.53 Å². The fourth-order valence-electron chi connectivity index (χ4n) is 5.66. The van der Waals surface area contributed by atoms with Crippen molar-refractivity contribution in [3.05, 3.63) is 12.2 Å². The van der Waals surface area contributed by atoms with Crippen LogP contribution in [0.5, 0.6) is 0 Å². The van der Waals surface area contributed by atoms with Gasteiger partial charge in [-0.15, -0.1) is 0 Å². The molecule has 0 aromatic carbocycles. The molecule has 118 valence electrons. The maximum Gasteiger partial charge on any atom is 0.333 e. The van der Waals surface area contributed by atoms with Crippen molar-refractivity contribution in [2.75, 3.05) is 6.61 Å². The Kier molecular flexibility index (Phi) is 4.16.